The number of rotatable bonds is 1. The molecule has 0 spiro atoms. The molecule has 0 bridgehead atoms. The monoisotopic (exact) mass is 335 g/mol. The summed E-state index contributed by atoms with van der Waals surface area (Å²) in [6.07, 6.45) is 2.39. The predicted molar refractivity (Wildman–Crippen MR) is 95.4 cm³/mol. The van der Waals surface area contributed by atoms with Crippen LogP contribution in [0.15, 0.2) is 40.9 Å². The molecule has 0 saturated heterocycles. The van der Waals surface area contributed by atoms with Gasteiger partial charge in [0.2, 0.25) is 0 Å². The number of para-hydroxylation sites is 1. The second-order valence-electron chi connectivity index (χ2n) is 7.49. The Morgan fingerprint density at radius 1 is 1.20 bits per heavy atom. The maximum Gasteiger partial charge on any atom is 0.254 e. The largest absolute Gasteiger partial charge is 0.445 e. The van der Waals surface area contributed by atoms with Crippen LogP contribution in [0.25, 0.3) is 10.9 Å². The fourth-order valence-electron chi connectivity index (χ4n) is 3.15. The molecule has 0 saturated carbocycles. The molecular weight excluding hydrogens is 314 g/mol. The summed E-state index contributed by atoms with van der Waals surface area (Å²) in [6.45, 7) is 7.37. The van der Waals surface area contributed by atoms with Crippen LogP contribution in [0.4, 0.5) is 0 Å². The summed E-state index contributed by atoms with van der Waals surface area (Å²) in [5.41, 5.74) is 2.27. The van der Waals surface area contributed by atoms with Gasteiger partial charge in [-0.2, -0.15) is 0 Å². The van der Waals surface area contributed by atoms with Crippen LogP contribution in [-0.2, 0) is 18.4 Å². The molecule has 0 atom stereocenters. The van der Waals surface area contributed by atoms with Crippen LogP contribution in [0.3, 0.4) is 0 Å². The first-order valence-electron chi connectivity index (χ1n) is 8.55. The molecule has 3 aromatic rings. The maximum atomic E-state index is 13.1. The molecule has 0 radical (unpaired) electrons. The lowest BCUT2D eigenvalue weighted by atomic mass is 9.97. The lowest BCUT2D eigenvalue weighted by Crippen LogP contribution is -2.36. The Labute approximate surface area is 146 Å². The van der Waals surface area contributed by atoms with E-state index in [0.29, 0.717) is 25.1 Å². The van der Waals surface area contributed by atoms with Gasteiger partial charge in [-0.25, -0.2) is 4.98 Å². The number of hydrogen-bond acceptors (Lipinski definition) is 4. The number of carbonyl (C=O) groups excluding carboxylic acids is 1. The number of benzene rings is 1. The summed E-state index contributed by atoms with van der Waals surface area (Å²) in [5, 5.41) is 0.885. The van der Waals surface area contributed by atoms with Crippen LogP contribution in [0, 0.1) is 0 Å². The van der Waals surface area contributed by atoms with Crippen molar-refractivity contribution in [1.29, 1.82) is 0 Å². The maximum absolute atomic E-state index is 13.1. The molecule has 0 unspecified atom stereocenters. The number of aromatic nitrogens is 2. The first-order valence-corrected chi connectivity index (χ1v) is 8.55. The van der Waals surface area contributed by atoms with Gasteiger partial charge in [0.25, 0.3) is 5.91 Å². The van der Waals surface area contributed by atoms with Crippen molar-refractivity contribution in [2.24, 2.45) is 0 Å². The van der Waals surface area contributed by atoms with E-state index in [1.54, 1.807) is 12.3 Å². The van der Waals surface area contributed by atoms with Crippen molar-refractivity contribution in [3.05, 3.63) is 59.4 Å². The first-order chi connectivity index (χ1) is 11.9. The molecule has 0 N–H and O–H groups in total. The van der Waals surface area contributed by atoms with E-state index in [2.05, 4.69) is 30.7 Å². The van der Waals surface area contributed by atoms with Gasteiger partial charge in [0.05, 0.1) is 17.6 Å². The lowest BCUT2D eigenvalue weighted by Gasteiger charge is -2.25. The van der Waals surface area contributed by atoms with Crippen molar-refractivity contribution in [2.75, 3.05) is 6.54 Å². The number of fused-ring (bicyclic) bond motifs is 2. The summed E-state index contributed by atoms with van der Waals surface area (Å²) < 4.78 is 5.92. The second-order valence-corrected chi connectivity index (χ2v) is 7.49. The molecule has 1 amide bonds. The van der Waals surface area contributed by atoms with E-state index in [4.69, 9.17) is 4.42 Å². The van der Waals surface area contributed by atoms with Gasteiger partial charge < -0.3 is 9.32 Å². The molecule has 0 fully saturated rings. The van der Waals surface area contributed by atoms with E-state index in [0.717, 1.165) is 28.2 Å². The number of pyridine rings is 1. The van der Waals surface area contributed by atoms with Crippen LogP contribution in [-0.4, -0.2) is 27.3 Å². The van der Waals surface area contributed by atoms with Crippen LogP contribution in [0.1, 0.15) is 48.5 Å². The first kappa shape index (κ1) is 15.8. The molecule has 25 heavy (non-hydrogen) atoms. The van der Waals surface area contributed by atoms with E-state index in [9.17, 15) is 4.79 Å². The summed E-state index contributed by atoms with van der Waals surface area (Å²) in [5.74, 6) is 1.67. The molecule has 3 heterocycles. The Balaban J connectivity index is 1.65. The molecule has 5 nitrogen and oxygen atoms in total. The third kappa shape index (κ3) is 2.80. The van der Waals surface area contributed by atoms with Gasteiger partial charge in [0.1, 0.15) is 11.5 Å². The molecule has 4 rings (SSSR count). The zero-order valence-electron chi connectivity index (χ0n) is 14.7. The molecule has 0 aliphatic carbocycles. The van der Waals surface area contributed by atoms with E-state index in [1.165, 1.54) is 0 Å². The van der Waals surface area contributed by atoms with Crippen molar-refractivity contribution in [2.45, 2.75) is 39.2 Å². The minimum Gasteiger partial charge on any atom is -0.445 e. The van der Waals surface area contributed by atoms with Crippen LogP contribution >= 0.6 is 0 Å². The Morgan fingerprint density at radius 2 is 2.00 bits per heavy atom. The van der Waals surface area contributed by atoms with E-state index in [1.807, 2.05) is 29.2 Å². The normalized spacial score (nSPS) is 14.6. The standard InChI is InChI=1S/C20H21N3O2/c1-20(2,3)19-22-16-12-23(11-9-17(16)25-19)18(24)14-8-10-21-15-7-5-4-6-13(14)15/h4-8,10H,9,11-12H2,1-3H3. The molecule has 1 aliphatic rings. The van der Waals surface area contributed by atoms with Gasteiger partial charge in [-0.15, -0.1) is 0 Å². The molecule has 128 valence electrons. The third-order valence-corrected chi connectivity index (χ3v) is 4.54. The number of amides is 1. The van der Waals surface area contributed by atoms with Gasteiger partial charge in [-0.05, 0) is 12.1 Å². The minimum atomic E-state index is -0.131. The van der Waals surface area contributed by atoms with Crippen molar-refractivity contribution < 1.29 is 9.21 Å². The number of nitrogens with zero attached hydrogens (tertiary/aromatic N) is 3. The predicted octanol–water partition coefficient (Wildman–Crippen LogP) is 3.72. The van der Waals surface area contributed by atoms with Gasteiger partial charge in [0, 0.05) is 30.0 Å². The third-order valence-electron chi connectivity index (χ3n) is 4.54. The van der Waals surface area contributed by atoms with Crippen molar-refractivity contribution in [3.8, 4) is 0 Å². The molecule has 5 heteroatoms. The number of hydrogen-bond donors (Lipinski definition) is 0. The van der Waals surface area contributed by atoms with E-state index >= 15 is 0 Å². The highest BCUT2D eigenvalue weighted by atomic mass is 16.4. The average Bonchev–Trinajstić information content (AvgIpc) is 3.04. The minimum absolute atomic E-state index is 0.0181. The highest BCUT2D eigenvalue weighted by Crippen LogP contribution is 2.28. The highest BCUT2D eigenvalue weighted by molar-refractivity contribution is 6.05. The second kappa shape index (κ2) is 5.69. The summed E-state index contributed by atoms with van der Waals surface area (Å²) in [7, 11) is 0. The number of oxazole rings is 1. The summed E-state index contributed by atoms with van der Waals surface area (Å²) >= 11 is 0. The van der Waals surface area contributed by atoms with Gasteiger partial charge >= 0.3 is 0 Å². The van der Waals surface area contributed by atoms with E-state index in [-0.39, 0.29) is 11.3 Å². The number of carbonyl (C=O) groups is 1. The van der Waals surface area contributed by atoms with Gasteiger partial charge in [-0.3, -0.25) is 9.78 Å². The van der Waals surface area contributed by atoms with Crippen molar-refractivity contribution in [1.82, 2.24) is 14.9 Å². The van der Waals surface area contributed by atoms with Gasteiger partial charge in [0.15, 0.2) is 5.89 Å². The molecular formula is C20H21N3O2. The smallest absolute Gasteiger partial charge is 0.254 e. The zero-order chi connectivity index (χ0) is 17.6. The molecule has 2 aromatic heterocycles. The van der Waals surface area contributed by atoms with E-state index < -0.39 is 0 Å². The molecule has 1 aromatic carbocycles. The van der Waals surface area contributed by atoms with Crippen LogP contribution in [0.5, 0.6) is 0 Å². The van der Waals surface area contributed by atoms with Crippen LogP contribution in [0.2, 0.25) is 0 Å². The fraction of sp³-hybridized carbons (Fsp3) is 0.350. The topological polar surface area (TPSA) is 59.2 Å². The summed E-state index contributed by atoms with van der Waals surface area (Å²) in [4.78, 5) is 23.9. The van der Waals surface area contributed by atoms with Crippen LogP contribution < -0.4 is 0 Å². The highest BCUT2D eigenvalue weighted by Gasteiger charge is 2.29. The van der Waals surface area contributed by atoms with Crippen molar-refractivity contribution >= 4 is 16.8 Å². The summed E-state index contributed by atoms with van der Waals surface area (Å²) in [6, 6.07) is 9.53. The average molecular weight is 335 g/mol. The van der Waals surface area contributed by atoms with Gasteiger partial charge in [-0.1, -0.05) is 39.0 Å². The zero-order valence-corrected chi connectivity index (χ0v) is 14.7. The van der Waals surface area contributed by atoms with Crippen molar-refractivity contribution in [3.63, 3.8) is 0 Å². The Bertz CT molecular complexity index is 948. The Hall–Kier alpha value is -2.69. The molecule has 1 aliphatic heterocycles. The fourth-order valence-corrected chi connectivity index (χ4v) is 3.15. The Morgan fingerprint density at radius 3 is 2.80 bits per heavy atom. The lowest BCUT2D eigenvalue weighted by molar-refractivity contribution is 0.0729. The quantitative estimate of drug-likeness (QED) is 0.680. The SMILES string of the molecule is CC(C)(C)c1nc2c(o1)CCN(C(=O)c1ccnc3ccccc13)C2. The Kier molecular flexibility index (Phi) is 3.60.